The van der Waals surface area contributed by atoms with E-state index in [0.717, 1.165) is 7.05 Å². The topological polar surface area (TPSA) is 69.5 Å². The number of fused-ring (bicyclic) bond motifs is 1. The Morgan fingerprint density at radius 1 is 1.29 bits per heavy atom. The number of hydrogen-bond donors (Lipinski definition) is 0. The number of ether oxygens (including phenoxy) is 2. The van der Waals surface area contributed by atoms with Crippen molar-refractivity contribution in [3.63, 3.8) is 0 Å². The molecular weight excluding hydrogens is 401 g/mol. The highest BCUT2D eigenvalue weighted by Gasteiger charge is 2.41. The van der Waals surface area contributed by atoms with Crippen LogP contribution < -0.4 is 9.64 Å². The fourth-order valence-electron chi connectivity index (χ4n) is 2.51. The first kappa shape index (κ1) is 19.9. The number of methoxy groups -OCH3 is 1. The van der Waals surface area contributed by atoms with Gasteiger partial charge in [0.05, 0.1) is 5.39 Å². The Morgan fingerprint density at radius 3 is 2.71 bits per heavy atom. The third-order valence-electron chi connectivity index (χ3n) is 3.79. The molecule has 28 heavy (non-hydrogen) atoms. The van der Waals surface area contributed by atoms with Crippen molar-refractivity contribution in [3.8, 4) is 11.6 Å². The molecule has 0 aliphatic carbocycles. The summed E-state index contributed by atoms with van der Waals surface area (Å²) in [6.45, 7) is 0.232. The van der Waals surface area contributed by atoms with Crippen LogP contribution in [-0.2, 0) is 16.3 Å². The second-order valence-electron chi connectivity index (χ2n) is 5.70. The van der Waals surface area contributed by atoms with Gasteiger partial charge in [-0.3, -0.25) is 4.79 Å². The van der Waals surface area contributed by atoms with E-state index in [2.05, 4.69) is 9.97 Å². The molecule has 0 aliphatic heterocycles. The van der Waals surface area contributed by atoms with Crippen molar-refractivity contribution in [2.45, 2.75) is 12.9 Å². The number of nitrogens with zero attached hydrogens (tertiary/aromatic N) is 4. The second-order valence-corrected chi connectivity index (χ2v) is 6.04. The van der Waals surface area contributed by atoms with Gasteiger partial charge in [-0.2, -0.15) is 23.1 Å². The number of anilines is 1. The first-order valence-corrected chi connectivity index (χ1v) is 8.22. The van der Waals surface area contributed by atoms with E-state index in [0.29, 0.717) is 15.9 Å². The molecule has 7 nitrogen and oxygen atoms in total. The lowest BCUT2D eigenvalue weighted by Crippen LogP contribution is -2.38. The summed E-state index contributed by atoms with van der Waals surface area (Å²) < 4.78 is 50.4. The Kier molecular flexibility index (Phi) is 5.43. The number of benzene rings is 1. The van der Waals surface area contributed by atoms with E-state index in [1.165, 1.54) is 31.4 Å². The smallest absolute Gasteiger partial charge is 0.438 e. The molecule has 0 unspecified atom stereocenters. The maximum atomic E-state index is 12.7. The largest absolute Gasteiger partial charge is 0.471 e. The SMILES string of the molecule is COCn1ccc2c(Oc3cccc(N(C)C(=O)C(F)(F)F)c3)nc(Cl)nc21. The second kappa shape index (κ2) is 7.64. The van der Waals surface area contributed by atoms with E-state index < -0.39 is 12.1 Å². The zero-order valence-corrected chi connectivity index (χ0v) is 15.5. The van der Waals surface area contributed by atoms with Crippen molar-refractivity contribution in [1.82, 2.24) is 14.5 Å². The van der Waals surface area contributed by atoms with Gasteiger partial charge in [0.1, 0.15) is 12.5 Å². The number of carbonyl (C=O) groups is 1. The highest BCUT2D eigenvalue weighted by molar-refractivity contribution is 6.28. The highest BCUT2D eigenvalue weighted by atomic mass is 35.5. The first-order valence-electron chi connectivity index (χ1n) is 7.85. The van der Waals surface area contributed by atoms with Crippen molar-refractivity contribution in [2.24, 2.45) is 0 Å². The molecule has 3 rings (SSSR count). The van der Waals surface area contributed by atoms with Crippen LogP contribution in [0.3, 0.4) is 0 Å². The van der Waals surface area contributed by atoms with Crippen LogP contribution in [0.25, 0.3) is 11.0 Å². The lowest BCUT2D eigenvalue weighted by atomic mass is 10.2. The van der Waals surface area contributed by atoms with Gasteiger partial charge in [0.15, 0.2) is 5.65 Å². The molecule has 0 bridgehead atoms. The Labute approximate surface area is 162 Å². The Balaban J connectivity index is 1.94. The van der Waals surface area contributed by atoms with Crippen LogP contribution in [0.1, 0.15) is 0 Å². The van der Waals surface area contributed by atoms with Crippen molar-refractivity contribution in [2.75, 3.05) is 19.1 Å². The van der Waals surface area contributed by atoms with Crippen LogP contribution >= 0.6 is 11.6 Å². The minimum Gasteiger partial charge on any atom is -0.438 e. The van der Waals surface area contributed by atoms with Gasteiger partial charge in [-0.15, -0.1) is 0 Å². The minimum absolute atomic E-state index is 0.00757. The summed E-state index contributed by atoms with van der Waals surface area (Å²) in [4.78, 5) is 20.1. The van der Waals surface area contributed by atoms with Crippen LogP contribution in [0.2, 0.25) is 5.28 Å². The van der Waals surface area contributed by atoms with Crippen molar-refractivity contribution < 1.29 is 27.4 Å². The summed E-state index contributed by atoms with van der Waals surface area (Å²) >= 11 is 5.96. The third-order valence-corrected chi connectivity index (χ3v) is 3.96. The van der Waals surface area contributed by atoms with Gasteiger partial charge in [-0.05, 0) is 29.8 Å². The molecule has 1 amide bonds. The first-order chi connectivity index (χ1) is 13.2. The van der Waals surface area contributed by atoms with Gasteiger partial charge in [-0.25, -0.2) is 0 Å². The van der Waals surface area contributed by atoms with E-state index in [9.17, 15) is 18.0 Å². The molecule has 11 heteroatoms. The number of aromatic nitrogens is 3. The van der Waals surface area contributed by atoms with Gasteiger partial charge in [0.25, 0.3) is 0 Å². The normalized spacial score (nSPS) is 11.6. The van der Waals surface area contributed by atoms with Gasteiger partial charge >= 0.3 is 12.1 Å². The van der Waals surface area contributed by atoms with E-state index >= 15 is 0 Å². The maximum absolute atomic E-state index is 12.7. The average Bonchev–Trinajstić information content (AvgIpc) is 3.03. The predicted octanol–water partition coefficient (Wildman–Crippen LogP) is 4.01. The highest BCUT2D eigenvalue weighted by Crippen LogP contribution is 2.31. The number of halogens is 4. The van der Waals surface area contributed by atoms with Crippen molar-refractivity contribution in [1.29, 1.82) is 0 Å². The number of carbonyl (C=O) groups excluding carboxylic acids is 1. The lowest BCUT2D eigenvalue weighted by molar-refractivity contribution is -0.170. The van der Waals surface area contributed by atoms with Crippen molar-refractivity contribution in [3.05, 3.63) is 41.8 Å². The van der Waals surface area contributed by atoms with Crippen LogP contribution in [0.4, 0.5) is 18.9 Å². The fourth-order valence-corrected chi connectivity index (χ4v) is 2.66. The summed E-state index contributed by atoms with van der Waals surface area (Å²) in [5, 5.41) is 0.464. The fraction of sp³-hybridized carbons (Fsp3) is 0.235. The molecule has 0 aliphatic rings. The summed E-state index contributed by atoms with van der Waals surface area (Å²) in [6.07, 6.45) is -3.28. The van der Waals surface area contributed by atoms with Gasteiger partial charge < -0.3 is 18.9 Å². The predicted molar refractivity (Wildman–Crippen MR) is 95.5 cm³/mol. The molecule has 0 saturated heterocycles. The Morgan fingerprint density at radius 2 is 2.04 bits per heavy atom. The maximum Gasteiger partial charge on any atom is 0.471 e. The number of amides is 1. The standard InChI is InChI=1S/C17H14ClF3N4O3/c1-24(15(26)17(19,20)21)10-4-3-5-11(8-10)28-14-12-6-7-25(9-27-2)13(12)22-16(18)23-14/h3-8H,9H2,1-2H3. The summed E-state index contributed by atoms with van der Waals surface area (Å²) in [7, 11) is 2.55. The molecule has 0 radical (unpaired) electrons. The van der Waals surface area contributed by atoms with E-state index in [1.807, 2.05) is 0 Å². The van der Waals surface area contributed by atoms with Gasteiger partial charge in [0.2, 0.25) is 11.2 Å². The van der Waals surface area contributed by atoms with Crippen LogP contribution in [0.15, 0.2) is 36.5 Å². The summed E-state index contributed by atoms with van der Waals surface area (Å²) in [5.74, 6) is -1.70. The lowest BCUT2D eigenvalue weighted by Gasteiger charge is -2.19. The molecular formula is C17H14ClF3N4O3. The quantitative estimate of drug-likeness (QED) is 0.590. The van der Waals surface area contributed by atoms with Gasteiger partial charge in [-0.1, -0.05) is 6.07 Å². The summed E-state index contributed by atoms with van der Waals surface area (Å²) in [6, 6.07) is 7.32. The number of alkyl halides is 3. The van der Waals surface area contributed by atoms with Gasteiger partial charge in [0, 0.05) is 32.1 Å². The number of hydrogen-bond acceptors (Lipinski definition) is 5. The molecule has 2 aromatic heterocycles. The average molecular weight is 415 g/mol. The zero-order chi connectivity index (χ0) is 20.5. The van der Waals surface area contributed by atoms with Crippen LogP contribution in [-0.4, -0.2) is 40.8 Å². The van der Waals surface area contributed by atoms with E-state index in [-0.39, 0.29) is 29.3 Å². The molecule has 0 fully saturated rings. The molecule has 0 N–H and O–H groups in total. The third kappa shape index (κ3) is 4.02. The summed E-state index contributed by atoms with van der Waals surface area (Å²) in [5.41, 5.74) is 0.477. The van der Waals surface area contributed by atoms with Crippen LogP contribution in [0, 0.1) is 0 Å². The Hall–Kier alpha value is -2.85. The monoisotopic (exact) mass is 414 g/mol. The van der Waals surface area contributed by atoms with E-state index in [4.69, 9.17) is 21.1 Å². The molecule has 0 spiro atoms. The molecule has 0 atom stereocenters. The molecule has 148 valence electrons. The molecule has 0 saturated carbocycles. The Bertz CT molecular complexity index is 1020. The molecule has 2 heterocycles. The van der Waals surface area contributed by atoms with Crippen molar-refractivity contribution >= 4 is 34.2 Å². The molecule has 3 aromatic rings. The number of rotatable bonds is 5. The zero-order valence-electron chi connectivity index (χ0n) is 14.7. The minimum atomic E-state index is -4.98. The van der Waals surface area contributed by atoms with E-state index in [1.54, 1.807) is 16.8 Å². The molecule has 1 aromatic carbocycles. The van der Waals surface area contributed by atoms with Crippen LogP contribution in [0.5, 0.6) is 11.6 Å².